The van der Waals surface area contributed by atoms with E-state index in [1.54, 1.807) is 0 Å². The molecule has 0 aromatic heterocycles. The Morgan fingerprint density at radius 2 is 1.17 bits per heavy atom. The molecule has 0 spiro atoms. The molecule has 0 atom stereocenters. The first kappa shape index (κ1) is 9.46. The quantitative estimate of drug-likeness (QED) is 0.412. The van der Waals surface area contributed by atoms with Crippen molar-refractivity contribution in [3.63, 3.8) is 0 Å². The van der Waals surface area contributed by atoms with Crippen LogP contribution in [0.1, 0.15) is 26.7 Å². The van der Waals surface area contributed by atoms with Gasteiger partial charge in [0.15, 0.2) is 0 Å². The standard InChI is InChI=1S/C4H10.B2/c1-3-4-2;1-2/h3-4H2,1-2H3;. The Balaban J connectivity index is 0. The van der Waals surface area contributed by atoms with Gasteiger partial charge in [-0.05, 0) is 0 Å². The Labute approximate surface area is 43.1 Å². The molecule has 0 saturated carbocycles. The van der Waals surface area contributed by atoms with Gasteiger partial charge in [0.2, 0.25) is 0 Å². The van der Waals surface area contributed by atoms with E-state index in [1.807, 2.05) is 0 Å². The van der Waals surface area contributed by atoms with E-state index < -0.39 is 0 Å². The molecular formula is C4H10B2. The van der Waals surface area contributed by atoms with Crippen molar-refractivity contribution in [1.29, 1.82) is 0 Å². The lowest BCUT2D eigenvalue weighted by Crippen LogP contribution is -1.47. The molecule has 0 aliphatic heterocycles. The molecule has 0 aromatic rings. The molecule has 0 aliphatic carbocycles. The summed E-state index contributed by atoms with van der Waals surface area (Å²) in [4.78, 5) is 0. The molecule has 0 saturated heterocycles. The molecule has 0 rings (SSSR count). The van der Waals surface area contributed by atoms with Crippen LogP contribution in [0.5, 0.6) is 0 Å². The maximum atomic E-state index is 4.00. The summed E-state index contributed by atoms with van der Waals surface area (Å²) in [6, 6.07) is 0. The van der Waals surface area contributed by atoms with Crippen molar-refractivity contribution < 1.29 is 0 Å². The van der Waals surface area contributed by atoms with Gasteiger partial charge in [-0.25, -0.2) is 0 Å². The number of hydrogen-bond acceptors (Lipinski definition) is 0. The van der Waals surface area contributed by atoms with Gasteiger partial charge in [-0.1, -0.05) is 26.7 Å². The fraction of sp³-hybridized carbons (Fsp3) is 1.00. The molecule has 32 valence electrons. The molecule has 0 nitrogen and oxygen atoms in total. The molecular weight excluding hydrogens is 69.7 g/mol. The van der Waals surface area contributed by atoms with E-state index in [4.69, 9.17) is 0 Å². The van der Waals surface area contributed by atoms with Gasteiger partial charge in [0.25, 0.3) is 0 Å². The van der Waals surface area contributed by atoms with Crippen LogP contribution in [-0.4, -0.2) is 15.5 Å². The van der Waals surface area contributed by atoms with Crippen LogP contribution in [0.2, 0.25) is 0 Å². The Hall–Kier alpha value is 0.130. The normalized spacial score (nSPS) is 5.67. The molecule has 0 amide bonds. The van der Waals surface area contributed by atoms with Crippen molar-refractivity contribution in [1.82, 2.24) is 0 Å². The van der Waals surface area contributed by atoms with Crippen LogP contribution in [0.15, 0.2) is 0 Å². The lowest BCUT2D eigenvalue weighted by atomic mass is 9.81. The van der Waals surface area contributed by atoms with Crippen molar-refractivity contribution in [2.45, 2.75) is 26.7 Å². The second kappa shape index (κ2) is 19.3. The molecule has 0 bridgehead atoms. The van der Waals surface area contributed by atoms with Gasteiger partial charge in [-0.15, -0.1) is 0 Å². The van der Waals surface area contributed by atoms with Gasteiger partial charge in [0.05, 0.1) is 0 Å². The minimum Gasteiger partial charge on any atom is -0.0654 e. The van der Waals surface area contributed by atoms with Crippen LogP contribution in [-0.2, 0) is 0 Å². The summed E-state index contributed by atoms with van der Waals surface area (Å²) in [7, 11) is 8.00. The van der Waals surface area contributed by atoms with Gasteiger partial charge >= 0.3 is 0 Å². The van der Waals surface area contributed by atoms with Crippen LogP contribution in [0, 0.1) is 0 Å². The zero-order chi connectivity index (χ0) is 5.41. The third-order valence-electron chi connectivity index (χ3n) is 0.500. The average molecular weight is 79.7 g/mol. The number of unbranched alkanes of at least 4 members (excludes halogenated alkanes) is 1. The minimum absolute atomic E-state index is 1.32. The molecule has 2 heteroatoms. The Morgan fingerprint density at radius 1 is 1.00 bits per heavy atom. The monoisotopic (exact) mass is 80.1 g/mol. The summed E-state index contributed by atoms with van der Waals surface area (Å²) in [6.07, 6.45) is 2.64. The van der Waals surface area contributed by atoms with Crippen molar-refractivity contribution in [3.05, 3.63) is 0 Å². The predicted octanol–water partition coefficient (Wildman–Crippen LogP) is 1.04. The summed E-state index contributed by atoms with van der Waals surface area (Å²) < 4.78 is 0. The highest BCUT2D eigenvalue weighted by Crippen LogP contribution is 1.76. The maximum Gasteiger partial charge on any atom is 0 e. The molecule has 6 heavy (non-hydrogen) atoms. The van der Waals surface area contributed by atoms with Crippen molar-refractivity contribution >= 4 is 15.5 Å². The largest absolute Gasteiger partial charge is 0.0654 e. The topological polar surface area (TPSA) is 0 Å². The van der Waals surface area contributed by atoms with Crippen molar-refractivity contribution in [3.8, 4) is 0 Å². The van der Waals surface area contributed by atoms with Crippen LogP contribution in [0.25, 0.3) is 0 Å². The predicted molar refractivity (Wildman–Crippen MR) is 32.1 cm³/mol. The lowest BCUT2D eigenvalue weighted by molar-refractivity contribution is 0.886. The summed E-state index contributed by atoms with van der Waals surface area (Å²) >= 11 is 0. The van der Waals surface area contributed by atoms with E-state index >= 15 is 0 Å². The molecule has 0 unspecified atom stereocenters. The Kier molecular flexibility index (Phi) is 30.4. The summed E-state index contributed by atoms with van der Waals surface area (Å²) in [5.74, 6) is 0. The second-order valence-corrected chi connectivity index (χ2v) is 1.000. The SMILES string of the molecule is CCCC.[B][B]. The van der Waals surface area contributed by atoms with Gasteiger partial charge in [0.1, 0.15) is 0 Å². The second-order valence-electron chi connectivity index (χ2n) is 1.000. The fourth-order valence-electron chi connectivity index (χ4n) is 0. The first-order chi connectivity index (χ1) is 2.91. The van der Waals surface area contributed by atoms with Gasteiger partial charge in [0, 0.05) is 15.5 Å². The number of hydrogen-bond donors (Lipinski definition) is 0. The van der Waals surface area contributed by atoms with Gasteiger partial charge in [-0.3, -0.25) is 0 Å². The molecule has 0 aliphatic rings. The van der Waals surface area contributed by atoms with Crippen molar-refractivity contribution in [2.75, 3.05) is 0 Å². The minimum atomic E-state index is 1.32. The summed E-state index contributed by atoms with van der Waals surface area (Å²) in [5, 5.41) is 0. The summed E-state index contributed by atoms with van der Waals surface area (Å²) in [6.45, 7) is 4.36. The smallest absolute Gasteiger partial charge is 0 e. The first-order valence-corrected chi connectivity index (χ1v) is 2.25. The van der Waals surface area contributed by atoms with Crippen LogP contribution in [0.3, 0.4) is 0 Å². The summed E-state index contributed by atoms with van der Waals surface area (Å²) in [5.41, 5.74) is 0. The molecule has 0 aromatic carbocycles. The van der Waals surface area contributed by atoms with E-state index in [-0.39, 0.29) is 0 Å². The van der Waals surface area contributed by atoms with Crippen LogP contribution < -0.4 is 0 Å². The van der Waals surface area contributed by atoms with E-state index in [9.17, 15) is 0 Å². The number of rotatable bonds is 1. The van der Waals surface area contributed by atoms with E-state index in [0.717, 1.165) is 0 Å². The van der Waals surface area contributed by atoms with E-state index in [2.05, 4.69) is 29.3 Å². The third kappa shape index (κ3) is 31.7. The zero-order valence-electron chi connectivity index (χ0n) is 4.57. The van der Waals surface area contributed by atoms with Gasteiger partial charge < -0.3 is 0 Å². The molecule has 0 heterocycles. The van der Waals surface area contributed by atoms with Crippen molar-refractivity contribution in [2.24, 2.45) is 0 Å². The maximum absolute atomic E-state index is 4.00. The lowest BCUT2D eigenvalue weighted by Gasteiger charge is -1.68. The highest BCUT2D eigenvalue weighted by Gasteiger charge is 1.56. The zero-order valence-corrected chi connectivity index (χ0v) is 4.57. The van der Waals surface area contributed by atoms with E-state index in [1.165, 1.54) is 12.8 Å². The highest BCUT2D eigenvalue weighted by molar-refractivity contribution is 6.75. The Bertz CT molecular complexity index is 7.51. The molecule has 0 fully saturated rings. The molecule has 0 N–H and O–H groups in total. The first-order valence-electron chi connectivity index (χ1n) is 2.25. The van der Waals surface area contributed by atoms with Crippen LogP contribution >= 0.6 is 0 Å². The third-order valence-corrected chi connectivity index (χ3v) is 0.500. The van der Waals surface area contributed by atoms with Crippen LogP contribution in [0.4, 0.5) is 0 Å². The average Bonchev–Trinajstić information content (AvgIpc) is 1.72. The van der Waals surface area contributed by atoms with Gasteiger partial charge in [-0.2, -0.15) is 0 Å². The molecule has 4 radical (unpaired) electrons. The highest BCUT2D eigenvalue weighted by atomic mass is 13.6. The van der Waals surface area contributed by atoms with E-state index in [0.29, 0.717) is 0 Å². The fourth-order valence-corrected chi connectivity index (χ4v) is 0. The Morgan fingerprint density at radius 3 is 1.17 bits per heavy atom.